The van der Waals surface area contributed by atoms with E-state index < -0.39 is 22.6 Å². The van der Waals surface area contributed by atoms with Crippen LogP contribution < -0.4 is 5.32 Å². The Labute approximate surface area is 183 Å². The Morgan fingerprint density at radius 1 is 1.27 bits per heavy atom. The molecular weight excluding hydrogens is 404 g/mol. The van der Waals surface area contributed by atoms with Crippen LogP contribution in [0.5, 0.6) is 0 Å². The van der Waals surface area contributed by atoms with Gasteiger partial charge in [0.25, 0.3) is 0 Å². The number of rotatable bonds is 10. The van der Waals surface area contributed by atoms with E-state index in [0.717, 1.165) is 38.5 Å². The number of fused-ring (bicyclic) bond motifs is 1. The Morgan fingerprint density at radius 3 is 2.60 bits per heavy atom. The highest BCUT2D eigenvalue weighted by Gasteiger charge is 2.77. The average Bonchev–Trinajstić information content (AvgIpc) is 3.22. The molecule has 0 aromatic heterocycles. The first-order chi connectivity index (χ1) is 14.2. The summed E-state index contributed by atoms with van der Waals surface area (Å²) in [7, 11) is 0. The van der Waals surface area contributed by atoms with Crippen LogP contribution in [0.2, 0.25) is 0 Å². The molecule has 7 nitrogen and oxygen atoms in total. The van der Waals surface area contributed by atoms with Crippen LogP contribution in [0.1, 0.15) is 66.2 Å². The predicted octanol–water partition coefficient (Wildman–Crippen LogP) is 2.11. The zero-order valence-electron chi connectivity index (χ0n) is 18.6. The van der Waals surface area contributed by atoms with Gasteiger partial charge in [0.05, 0.1) is 23.2 Å². The quantitative estimate of drug-likeness (QED) is 0.399. The number of nitrogens with one attached hydrogen (secondary N) is 1. The second kappa shape index (κ2) is 9.07. The molecule has 0 saturated carbocycles. The number of aliphatic hydroxyl groups excluding tert-OH is 1. The Hall–Kier alpha value is -1.28. The van der Waals surface area contributed by atoms with E-state index in [4.69, 9.17) is 9.84 Å². The normalized spacial score (nSPS) is 34.5. The van der Waals surface area contributed by atoms with Gasteiger partial charge in [0.15, 0.2) is 0 Å². The minimum absolute atomic E-state index is 0.0190. The Morgan fingerprint density at radius 2 is 1.97 bits per heavy atom. The molecule has 0 aromatic carbocycles. The van der Waals surface area contributed by atoms with Crippen LogP contribution >= 0.6 is 11.8 Å². The minimum Gasteiger partial charge on any atom is -0.466 e. The molecule has 170 valence electrons. The molecular formula is C22H36N2O5S. The standard InChI is InChI=1S/C22H36N2O5S/c1-5-29-20(28)16-15-19(27)24(12-8-6-7-9-13-25)17(18(26)23-14(2)3)22(15)11-10-21(16,4)30-22/h14-17,25H,5-13H2,1-4H3,(H,23,26)/t15-,16+,17?,21-,22?/m0/s1. The van der Waals surface area contributed by atoms with E-state index in [-0.39, 0.29) is 41.8 Å². The molecule has 2 amide bonds. The van der Waals surface area contributed by atoms with Gasteiger partial charge in [-0.3, -0.25) is 14.4 Å². The van der Waals surface area contributed by atoms with E-state index in [1.54, 1.807) is 23.6 Å². The van der Waals surface area contributed by atoms with Gasteiger partial charge in [-0.2, -0.15) is 0 Å². The van der Waals surface area contributed by atoms with Crippen molar-refractivity contribution in [2.24, 2.45) is 11.8 Å². The number of ether oxygens (including phenoxy) is 1. The van der Waals surface area contributed by atoms with Gasteiger partial charge in [0, 0.05) is 23.9 Å². The Kier molecular flexibility index (Phi) is 7.07. The van der Waals surface area contributed by atoms with Crippen molar-refractivity contribution in [2.75, 3.05) is 19.8 Å². The lowest BCUT2D eigenvalue weighted by Crippen LogP contribution is -2.54. The summed E-state index contributed by atoms with van der Waals surface area (Å²) >= 11 is 1.68. The van der Waals surface area contributed by atoms with Gasteiger partial charge in [0.2, 0.25) is 11.8 Å². The first kappa shape index (κ1) is 23.4. The summed E-state index contributed by atoms with van der Waals surface area (Å²) in [5.74, 6) is -1.49. The molecule has 2 bridgehead atoms. The number of aliphatic hydroxyl groups is 1. The predicted molar refractivity (Wildman–Crippen MR) is 116 cm³/mol. The third kappa shape index (κ3) is 3.85. The summed E-state index contributed by atoms with van der Waals surface area (Å²) in [4.78, 5) is 41.6. The lowest BCUT2D eigenvalue weighted by atomic mass is 9.66. The molecule has 0 aliphatic carbocycles. The summed E-state index contributed by atoms with van der Waals surface area (Å²) in [6, 6.07) is -0.573. The van der Waals surface area contributed by atoms with E-state index in [1.807, 2.05) is 13.8 Å². The largest absolute Gasteiger partial charge is 0.466 e. The second-order valence-electron chi connectivity index (χ2n) is 9.31. The number of nitrogens with zero attached hydrogens (tertiary/aromatic N) is 1. The lowest BCUT2D eigenvalue weighted by Gasteiger charge is -2.34. The van der Waals surface area contributed by atoms with Gasteiger partial charge in [-0.1, -0.05) is 12.8 Å². The Balaban J connectivity index is 1.90. The SMILES string of the molecule is CCOC(=O)[C@H]1[C@H]2C(=O)N(CCCCCCO)C(C(=O)NC(C)C)C23CC[C@]1(C)S3. The van der Waals surface area contributed by atoms with E-state index in [0.29, 0.717) is 6.54 Å². The smallest absolute Gasteiger partial charge is 0.311 e. The van der Waals surface area contributed by atoms with Gasteiger partial charge < -0.3 is 20.1 Å². The topological polar surface area (TPSA) is 95.9 Å². The third-order valence-electron chi connectivity index (χ3n) is 6.80. The van der Waals surface area contributed by atoms with E-state index >= 15 is 0 Å². The molecule has 3 fully saturated rings. The molecule has 0 aromatic rings. The molecule has 3 saturated heterocycles. The van der Waals surface area contributed by atoms with Crippen molar-refractivity contribution in [1.82, 2.24) is 10.2 Å². The monoisotopic (exact) mass is 440 g/mol. The highest BCUT2D eigenvalue weighted by molar-refractivity contribution is 8.02. The first-order valence-corrected chi connectivity index (χ1v) is 12.1. The number of likely N-dealkylation sites (tertiary alicyclic amines) is 1. The van der Waals surface area contributed by atoms with E-state index in [2.05, 4.69) is 12.2 Å². The van der Waals surface area contributed by atoms with Crippen molar-refractivity contribution >= 4 is 29.5 Å². The molecule has 2 unspecified atom stereocenters. The van der Waals surface area contributed by atoms with Crippen LogP contribution in [-0.4, -0.2) is 69.1 Å². The number of thioether (sulfide) groups is 1. The van der Waals surface area contributed by atoms with Crippen molar-refractivity contribution in [3.05, 3.63) is 0 Å². The second-order valence-corrected chi connectivity index (χ2v) is 11.2. The number of esters is 1. The molecule has 3 aliphatic rings. The molecule has 30 heavy (non-hydrogen) atoms. The van der Waals surface area contributed by atoms with Crippen LogP contribution in [0.3, 0.4) is 0 Å². The fraction of sp³-hybridized carbons (Fsp3) is 0.864. The van der Waals surface area contributed by atoms with Crippen molar-refractivity contribution < 1.29 is 24.2 Å². The van der Waals surface area contributed by atoms with Gasteiger partial charge in [0.1, 0.15) is 6.04 Å². The minimum atomic E-state index is -0.562. The van der Waals surface area contributed by atoms with Crippen molar-refractivity contribution in [3.63, 3.8) is 0 Å². The van der Waals surface area contributed by atoms with Crippen LogP contribution in [0.4, 0.5) is 0 Å². The van der Waals surface area contributed by atoms with Gasteiger partial charge in [-0.25, -0.2) is 0 Å². The Bertz CT molecular complexity index is 686. The number of hydrogen-bond acceptors (Lipinski definition) is 6. The molecule has 3 aliphatic heterocycles. The van der Waals surface area contributed by atoms with Crippen molar-refractivity contribution in [1.29, 1.82) is 0 Å². The van der Waals surface area contributed by atoms with Crippen LogP contribution in [0.15, 0.2) is 0 Å². The fourth-order valence-corrected chi connectivity index (χ4v) is 8.01. The highest BCUT2D eigenvalue weighted by atomic mass is 32.2. The number of carbonyl (C=O) groups is 3. The fourth-order valence-electron chi connectivity index (χ4n) is 5.67. The maximum Gasteiger partial charge on any atom is 0.311 e. The summed E-state index contributed by atoms with van der Waals surface area (Å²) in [5.41, 5.74) is 0. The molecule has 3 heterocycles. The maximum atomic E-state index is 13.6. The molecule has 1 spiro atoms. The summed E-state index contributed by atoms with van der Waals surface area (Å²) in [5, 5.41) is 12.0. The van der Waals surface area contributed by atoms with Crippen molar-refractivity contribution in [2.45, 2.75) is 87.8 Å². The maximum absolute atomic E-state index is 13.6. The number of carbonyl (C=O) groups excluding carboxylic acids is 3. The number of amides is 2. The molecule has 8 heteroatoms. The third-order valence-corrected chi connectivity index (χ3v) is 8.79. The summed E-state index contributed by atoms with van der Waals surface area (Å²) < 4.78 is 4.44. The van der Waals surface area contributed by atoms with Gasteiger partial charge in [-0.15, -0.1) is 11.8 Å². The van der Waals surface area contributed by atoms with Gasteiger partial charge >= 0.3 is 5.97 Å². The first-order valence-electron chi connectivity index (χ1n) is 11.3. The summed E-state index contributed by atoms with van der Waals surface area (Å²) in [6.45, 7) is 8.64. The van der Waals surface area contributed by atoms with Crippen LogP contribution in [0, 0.1) is 11.8 Å². The van der Waals surface area contributed by atoms with Crippen molar-refractivity contribution in [3.8, 4) is 0 Å². The lowest BCUT2D eigenvalue weighted by molar-refractivity contribution is -0.155. The number of unbranched alkanes of at least 4 members (excludes halogenated alkanes) is 3. The van der Waals surface area contributed by atoms with Crippen LogP contribution in [0.25, 0.3) is 0 Å². The van der Waals surface area contributed by atoms with E-state index in [1.165, 1.54) is 0 Å². The average molecular weight is 441 g/mol. The molecule has 0 radical (unpaired) electrons. The van der Waals surface area contributed by atoms with E-state index in [9.17, 15) is 14.4 Å². The van der Waals surface area contributed by atoms with Crippen LogP contribution in [-0.2, 0) is 19.1 Å². The number of hydrogen-bond donors (Lipinski definition) is 2. The molecule has 5 atom stereocenters. The van der Waals surface area contributed by atoms with Gasteiger partial charge in [-0.05, 0) is 53.4 Å². The highest BCUT2D eigenvalue weighted by Crippen LogP contribution is 2.71. The molecule has 3 rings (SSSR count). The zero-order valence-corrected chi connectivity index (χ0v) is 19.4. The zero-order chi connectivity index (χ0) is 22.1. The summed E-state index contributed by atoms with van der Waals surface area (Å²) in [6.07, 6.45) is 4.89. The molecule has 2 N–H and O–H groups in total.